The Labute approximate surface area is 72.2 Å². The minimum absolute atomic E-state index is 0. The Kier molecular flexibility index (Phi) is 4.19. The lowest BCUT2D eigenvalue weighted by Crippen LogP contribution is -3.00. The number of nitrogen functional groups attached to an aromatic ring is 1. The molecule has 0 aliphatic heterocycles. The van der Waals surface area contributed by atoms with Crippen molar-refractivity contribution < 1.29 is 13.8 Å². The Morgan fingerprint density at radius 2 is 2.00 bits per heavy atom. The molecule has 0 aliphatic carbocycles. The van der Waals surface area contributed by atoms with E-state index >= 15 is 0 Å². The number of benzene rings is 1. The van der Waals surface area contributed by atoms with Gasteiger partial charge in [0.15, 0.2) is 0 Å². The van der Waals surface area contributed by atoms with Crippen LogP contribution in [0.5, 0.6) is 0 Å². The predicted octanol–water partition coefficient (Wildman–Crippen LogP) is -1.26. The van der Waals surface area contributed by atoms with Gasteiger partial charge in [-0.2, -0.15) is 0 Å². The quantitative estimate of drug-likeness (QED) is 0.417. The topological polar surface area (TPSA) is 38.0 Å². The van der Waals surface area contributed by atoms with E-state index in [0.717, 1.165) is 5.69 Å². The van der Waals surface area contributed by atoms with E-state index in [9.17, 15) is 0 Å². The first kappa shape index (κ1) is 9.56. The molecule has 4 heteroatoms. The van der Waals surface area contributed by atoms with Crippen LogP contribution in [-0.2, 0) is 0 Å². The number of rotatable bonds is 1. The molecule has 10 heavy (non-hydrogen) atoms. The maximum absolute atomic E-state index is 5.68. The summed E-state index contributed by atoms with van der Waals surface area (Å²) in [5, 5.41) is 0.639. The summed E-state index contributed by atoms with van der Waals surface area (Å²) in [7, 11) is 0. The van der Waals surface area contributed by atoms with Gasteiger partial charge in [-0.05, 0) is 12.1 Å². The molecular weight excluding hydrogens is 171 g/mol. The van der Waals surface area contributed by atoms with Gasteiger partial charge in [0.2, 0.25) is 0 Å². The van der Waals surface area contributed by atoms with Crippen LogP contribution in [0.15, 0.2) is 24.3 Å². The summed E-state index contributed by atoms with van der Waals surface area (Å²) < 4.78 is 0. The molecule has 1 aromatic rings. The van der Waals surface area contributed by atoms with Gasteiger partial charge >= 0.3 is 1.43 Å². The van der Waals surface area contributed by atoms with E-state index in [4.69, 9.17) is 17.4 Å². The molecule has 0 fully saturated rings. The molecule has 0 aromatic heterocycles. The van der Waals surface area contributed by atoms with E-state index < -0.39 is 0 Å². The molecule has 0 radical (unpaired) electrons. The summed E-state index contributed by atoms with van der Waals surface area (Å²) in [6.45, 7) is 0. The summed E-state index contributed by atoms with van der Waals surface area (Å²) in [4.78, 5) is 0. The summed E-state index contributed by atoms with van der Waals surface area (Å²) in [5.41, 5.74) is 3.21. The summed E-state index contributed by atoms with van der Waals surface area (Å²) >= 11 is 5.68. The molecule has 2 nitrogen and oxygen atoms in total. The molecule has 0 spiro atoms. The van der Waals surface area contributed by atoms with Gasteiger partial charge in [-0.1, -0.05) is 23.7 Å². The SMILES string of the molecule is NNc1ccccc1Cl.[Cl-].[H+]. The Balaban J connectivity index is 0. The van der Waals surface area contributed by atoms with E-state index in [-0.39, 0.29) is 13.8 Å². The number of nitrogens with two attached hydrogens (primary N) is 1. The Hall–Kier alpha value is -0.440. The lowest BCUT2D eigenvalue weighted by Gasteiger charge is -1.99. The molecule has 0 atom stereocenters. The number of nitrogens with one attached hydrogen (secondary N) is 1. The zero-order valence-electron chi connectivity index (χ0n) is 6.14. The second kappa shape index (κ2) is 4.39. The van der Waals surface area contributed by atoms with Crippen LogP contribution in [0, 0.1) is 0 Å². The maximum atomic E-state index is 5.68. The molecule has 3 N–H and O–H groups in total. The normalized spacial score (nSPS) is 8.20. The van der Waals surface area contributed by atoms with Crippen molar-refractivity contribution in [2.75, 3.05) is 5.43 Å². The number of anilines is 1. The molecule has 1 aromatic carbocycles. The fourth-order valence-corrected chi connectivity index (χ4v) is 0.769. The highest BCUT2D eigenvalue weighted by atomic mass is 35.5. The minimum atomic E-state index is 0. The fraction of sp³-hybridized carbons (Fsp3) is 0. The van der Waals surface area contributed by atoms with Crippen molar-refractivity contribution in [1.29, 1.82) is 0 Å². The van der Waals surface area contributed by atoms with Gasteiger partial charge in [-0.3, -0.25) is 5.84 Å². The molecule has 0 unspecified atom stereocenters. The third-order valence-corrected chi connectivity index (χ3v) is 1.36. The van der Waals surface area contributed by atoms with Crippen LogP contribution >= 0.6 is 11.6 Å². The Morgan fingerprint density at radius 1 is 1.40 bits per heavy atom. The molecule has 0 amide bonds. The smallest absolute Gasteiger partial charge is 1.00 e. The van der Waals surface area contributed by atoms with Crippen LogP contribution in [0.3, 0.4) is 0 Å². The zero-order chi connectivity index (χ0) is 6.69. The van der Waals surface area contributed by atoms with Gasteiger partial charge in [0.05, 0.1) is 10.7 Å². The fourth-order valence-electron chi connectivity index (χ4n) is 0.578. The first-order valence-electron chi connectivity index (χ1n) is 2.56. The highest BCUT2D eigenvalue weighted by Crippen LogP contribution is 2.18. The lowest BCUT2D eigenvalue weighted by atomic mass is 10.3. The average Bonchev–Trinajstić information content (AvgIpc) is 1.89. The average molecular weight is 179 g/mol. The molecule has 1 rings (SSSR count). The van der Waals surface area contributed by atoms with Crippen LogP contribution in [0.1, 0.15) is 1.43 Å². The van der Waals surface area contributed by atoms with E-state index in [1.807, 2.05) is 18.2 Å². The van der Waals surface area contributed by atoms with Crippen LogP contribution in [0.2, 0.25) is 5.02 Å². The van der Waals surface area contributed by atoms with Crippen LogP contribution in [0.25, 0.3) is 0 Å². The molecule has 0 saturated carbocycles. The molecule has 0 saturated heterocycles. The molecule has 0 bridgehead atoms. The summed E-state index contributed by atoms with van der Waals surface area (Å²) in [6, 6.07) is 7.29. The monoisotopic (exact) mass is 178 g/mol. The van der Waals surface area contributed by atoms with Crippen molar-refractivity contribution in [3.05, 3.63) is 29.3 Å². The van der Waals surface area contributed by atoms with E-state index in [1.165, 1.54) is 0 Å². The van der Waals surface area contributed by atoms with Crippen LogP contribution in [-0.4, -0.2) is 0 Å². The Morgan fingerprint density at radius 3 is 2.40 bits per heavy atom. The van der Waals surface area contributed by atoms with Gasteiger partial charge in [0, 0.05) is 0 Å². The zero-order valence-corrected chi connectivity index (χ0v) is 6.65. The van der Waals surface area contributed by atoms with Gasteiger partial charge in [-0.15, -0.1) is 0 Å². The maximum Gasteiger partial charge on any atom is 1.00 e. The van der Waals surface area contributed by atoms with Crippen LogP contribution in [0.4, 0.5) is 5.69 Å². The van der Waals surface area contributed by atoms with Crippen molar-refractivity contribution >= 4 is 17.3 Å². The van der Waals surface area contributed by atoms with Crippen molar-refractivity contribution in [3.63, 3.8) is 0 Å². The molecule has 56 valence electrons. The first-order valence-corrected chi connectivity index (χ1v) is 2.93. The largest absolute Gasteiger partial charge is 1.00 e. The van der Waals surface area contributed by atoms with Gasteiger partial charge in [-0.25, -0.2) is 0 Å². The third kappa shape index (κ3) is 2.06. The number of halogens is 2. The van der Waals surface area contributed by atoms with Crippen molar-refractivity contribution in [2.45, 2.75) is 0 Å². The molecule has 0 aliphatic rings. The van der Waals surface area contributed by atoms with E-state index in [1.54, 1.807) is 6.07 Å². The number of para-hydroxylation sites is 1. The number of hydrazine groups is 1. The van der Waals surface area contributed by atoms with Crippen LogP contribution < -0.4 is 23.7 Å². The minimum Gasteiger partial charge on any atom is -1.00 e. The lowest BCUT2D eigenvalue weighted by molar-refractivity contribution is -0.00000179. The number of hydrogen-bond donors (Lipinski definition) is 2. The Bertz CT molecular complexity index is 208. The molecule has 0 heterocycles. The van der Waals surface area contributed by atoms with Gasteiger partial charge in [0.25, 0.3) is 0 Å². The van der Waals surface area contributed by atoms with E-state index in [2.05, 4.69) is 5.43 Å². The van der Waals surface area contributed by atoms with Crippen molar-refractivity contribution in [1.82, 2.24) is 0 Å². The second-order valence-corrected chi connectivity index (χ2v) is 2.03. The highest BCUT2D eigenvalue weighted by Gasteiger charge is 1.91. The van der Waals surface area contributed by atoms with Crippen molar-refractivity contribution in [2.24, 2.45) is 5.84 Å². The number of hydrogen-bond acceptors (Lipinski definition) is 2. The third-order valence-electron chi connectivity index (χ3n) is 1.03. The second-order valence-electron chi connectivity index (χ2n) is 1.62. The molecular formula is C6H8Cl2N2. The van der Waals surface area contributed by atoms with Gasteiger partial charge < -0.3 is 17.8 Å². The van der Waals surface area contributed by atoms with Crippen molar-refractivity contribution in [3.8, 4) is 0 Å². The predicted molar refractivity (Wildman–Crippen MR) is 40.4 cm³/mol. The van der Waals surface area contributed by atoms with E-state index in [0.29, 0.717) is 5.02 Å². The first-order chi connectivity index (χ1) is 4.34. The standard InChI is InChI=1S/C6H7ClN2.ClH/c7-5-3-1-2-4-6(5)9-8;/h1-4,9H,8H2;1H. The summed E-state index contributed by atoms with van der Waals surface area (Å²) in [6.07, 6.45) is 0. The summed E-state index contributed by atoms with van der Waals surface area (Å²) in [5.74, 6) is 5.12. The van der Waals surface area contributed by atoms with Gasteiger partial charge in [0.1, 0.15) is 0 Å². The highest BCUT2D eigenvalue weighted by molar-refractivity contribution is 6.33.